The Hall–Kier alpha value is -1.84. The van der Waals surface area contributed by atoms with Crippen molar-refractivity contribution in [3.63, 3.8) is 0 Å². The van der Waals surface area contributed by atoms with Crippen molar-refractivity contribution < 1.29 is 19.1 Å². The topological polar surface area (TPSA) is 52.6 Å². The molecule has 144 valence electrons. The van der Waals surface area contributed by atoms with Crippen LogP contribution in [0.25, 0.3) is 0 Å². The molecule has 0 amide bonds. The number of ether oxygens (including phenoxy) is 2. The second-order valence-corrected chi connectivity index (χ2v) is 7.92. The molecule has 0 heterocycles. The largest absolute Gasteiger partial charge is 0.457 e. The van der Waals surface area contributed by atoms with Gasteiger partial charge in [-0.25, -0.2) is 9.59 Å². The molecule has 1 saturated carbocycles. The molecule has 1 aromatic carbocycles. The van der Waals surface area contributed by atoms with E-state index in [9.17, 15) is 9.59 Å². The average molecular weight is 360 g/mol. The molecular weight excluding hydrogens is 328 g/mol. The van der Waals surface area contributed by atoms with Crippen LogP contribution < -0.4 is 0 Å². The van der Waals surface area contributed by atoms with Crippen LogP contribution in [-0.2, 0) is 14.3 Å². The molecule has 2 rings (SSSR count). The van der Waals surface area contributed by atoms with Crippen molar-refractivity contribution in [2.75, 3.05) is 6.61 Å². The molecule has 26 heavy (non-hydrogen) atoms. The third-order valence-electron chi connectivity index (χ3n) is 5.61. The molecule has 4 nitrogen and oxygen atoms in total. The fourth-order valence-corrected chi connectivity index (χ4v) is 3.60. The molecule has 0 aromatic heterocycles. The van der Waals surface area contributed by atoms with Crippen LogP contribution in [0.2, 0.25) is 0 Å². The van der Waals surface area contributed by atoms with E-state index in [0.29, 0.717) is 17.4 Å². The van der Waals surface area contributed by atoms with Gasteiger partial charge in [-0.3, -0.25) is 0 Å². The lowest BCUT2D eigenvalue weighted by Gasteiger charge is -2.36. The average Bonchev–Trinajstić information content (AvgIpc) is 2.66. The third kappa shape index (κ3) is 5.58. The summed E-state index contributed by atoms with van der Waals surface area (Å²) >= 11 is 0. The van der Waals surface area contributed by atoms with Crippen LogP contribution in [0.15, 0.2) is 24.3 Å². The normalized spacial score (nSPS) is 16.8. The van der Waals surface area contributed by atoms with E-state index in [1.165, 1.54) is 24.8 Å². The van der Waals surface area contributed by atoms with Crippen LogP contribution in [0.4, 0.5) is 0 Å². The van der Waals surface area contributed by atoms with Gasteiger partial charge in [0.05, 0.1) is 5.56 Å². The van der Waals surface area contributed by atoms with Gasteiger partial charge in [-0.15, -0.1) is 0 Å². The lowest BCUT2D eigenvalue weighted by atomic mass is 9.79. The van der Waals surface area contributed by atoms with Gasteiger partial charge in [-0.05, 0) is 62.6 Å². The second-order valence-electron chi connectivity index (χ2n) is 7.92. The van der Waals surface area contributed by atoms with Crippen molar-refractivity contribution in [2.24, 2.45) is 5.92 Å². The Morgan fingerprint density at radius 2 is 1.73 bits per heavy atom. The smallest absolute Gasteiger partial charge is 0.344 e. The summed E-state index contributed by atoms with van der Waals surface area (Å²) in [5.41, 5.74) is 1.14. The first kappa shape index (κ1) is 20.5. The van der Waals surface area contributed by atoms with Crippen molar-refractivity contribution >= 4 is 11.9 Å². The number of rotatable bonds is 7. The van der Waals surface area contributed by atoms with Crippen LogP contribution in [0.5, 0.6) is 0 Å². The molecule has 1 unspecified atom stereocenters. The lowest BCUT2D eigenvalue weighted by Crippen LogP contribution is -2.39. The lowest BCUT2D eigenvalue weighted by molar-refractivity contribution is -0.166. The molecule has 1 fully saturated rings. The molecule has 1 atom stereocenters. The van der Waals surface area contributed by atoms with Crippen molar-refractivity contribution in [2.45, 2.75) is 77.7 Å². The summed E-state index contributed by atoms with van der Waals surface area (Å²) < 4.78 is 10.7. The predicted octanol–water partition coefficient (Wildman–Crippen LogP) is 5.26. The maximum atomic E-state index is 12.1. The minimum absolute atomic E-state index is 0.345. The summed E-state index contributed by atoms with van der Waals surface area (Å²) in [6.45, 7) is 7.85. The molecule has 0 saturated heterocycles. The van der Waals surface area contributed by atoms with E-state index in [1.807, 2.05) is 26.0 Å². The predicted molar refractivity (Wildman–Crippen MR) is 102 cm³/mol. The summed E-state index contributed by atoms with van der Waals surface area (Å²) in [5.74, 6) is -0.139. The fraction of sp³-hybridized carbons (Fsp3) is 0.636. The molecule has 0 spiro atoms. The molecule has 1 aliphatic rings. The quantitative estimate of drug-likeness (QED) is 0.622. The molecule has 0 aliphatic heterocycles. The van der Waals surface area contributed by atoms with E-state index in [0.717, 1.165) is 19.3 Å². The van der Waals surface area contributed by atoms with E-state index < -0.39 is 17.5 Å². The Balaban J connectivity index is 1.83. The summed E-state index contributed by atoms with van der Waals surface area (Å²) in [6, 6.07) is 7.38. The van der Waals surface area contributed by atoms with Crippen LogP contribution in [0, 0.1) is 5.92 Å². The Bertz CT molecular complexity index is 597. The monoisotopic (exact) mass is 360 g/mol. The third-order valence-corrected chi connectivity index (χ3v) is 5.61. The number of esters is 2. The molecular formula is C22H32O4. The standard InChI is InChI=1S/C22H32O4/c1-5-16(2)17-11-13-18(14-12-17)21(24)25-15-20(23)26-22(3,4)19-9-7-6-8-10-19/h11-14,16,19H,5-10,15H2,1-4H3. The fourth-order valence-electron chi connectivity index (χ4n) is 3.60. The second kappa shape index (κ2) is 9.20. The molecule has 1 aliphatic carbocycles. The van der Waals surface area contributed by atoms with E-state index in [-0.39, 0.29) is 6.61 Å². The Labute approximate surface area is 157 Å². The van der Waals surface area contributed by atoms with Gasteiger partial charge in [-0.1, -0.05) is 45.2 Å². The highest BCUT2D eigenvalue weighted by Gasteiger charge is 2.34. The van der Waals surface area contributed by atoms with Crippen LogP contribution in [-0.4, -0.2) is 24.1 Å². The maximum absolute atomic E-state index is 12.1. The van der Waals surface area contributed by atoms with E-state index >= 15 is 0 Å². The maximum Gasteiger partial charge on any atom is 0.344 e. The highest BCUT2D eigenvalue weighted by molar-refractivity contribution is 5.90. The minimum Gasteiger partial charge on any atom is -0.457 e. The molecule has 1 aromatic rings. The van der Waals surface area contributed by atoms with Gasteiger partial charge >= 0.3 is 11.9 Å². The van der Waals surface area contributed by atoms with Gasteiger partial charge < -0.3 is 9.47 Å². The SMILES string of the molecule is CCC(C)c1ccc(C(=O)OCC(=O)OC(C)(C)C2CCCCC2)cc1. The van der Waals surface area contributed by atoms with E-state index in [1.54, 1.807) is 12.1 Å². The molecule has 4 heteroatoms. The summed E-state index contributed by atoms with van der Waals surface area (Å²) in [6.07, 6.45) is 6.85. The zero-order chi connectivity index (χ0) is 19.2. The van der Waals surface area contributed by atoms with Crippen molar-refractivity contribution in [3.8, 4) is 0 Å². The van der Waals surface area contributed by atoms with Gasteiger partial charge in [0.1, 0.15) is 5.60 Å². The van der Waals surface area contributed by atoms with Gasteiger partial charge in [0, 0.05) is 0 Å². The molecule has 0 N–H and O–H groups in total. The number of carbonyl (C=O) groups is 2. The highest BCUT2D eigenvalue weighted by atomic mass is 16.6. The number of carbonyl (C=O) groups excluding carboxylic acids is 2. The van der Waals surface area contributed by atoms with Crippen molar-refractivity contribution in [1.29, 1.82) is 0 Å². The summed E-state index contributed by atoms with van der Waals surface area (Å²) in [5, 5.41) is 0. The molecule has 0 bridgehead atoms. The minimum atomic E-state index is -0.512. The van der Waals surface area contributed by atoms with Crippen molar-refractivity contribution in [1.82, 2.24) is 0 Å². The Kier molecular flexibility index (Phi) is 7.24. The Morgan fingerprint density at radius 3 is 2.31 bits per heavy atom. The van der Waals surface area contributed by atoms with Gasteiger partial charge in [0.25, 0.3) is 0 Å². The first-order chi connectivity index (χ1) is 12.3. The zero-order valence-corrected chi connectivity index (χ0v) is 16.5. The van der Waals surface area contributed by atoms with Crippen LogP contribution in [0.1, 0.15) is 88.1 Å². The van der Waals surface area contributed by atoms with Crippen LogP contribution >= 0.6 is 0 Å². The number of benzene rings is 1. The highest BCUT2D eigenvalue weighted by Crippen LogP contribution is 2.34. The van der Waals surface area contributed by atoms with Gasteiger partial charge in [0.15, 0.2) is 6.61 Å². The van der Waals surface area contributed by atoms with Crippen LogP contribution in [0.3, 0.4) is 0 Å². The zero-order valence-electron chi connectivity index (χ0n) is 16.5. The van der Waals surface area contributed by atoms with Gasteiger partial charge in [-0.2, -0.15) is 0 Å². The van der Waals surface area contributed by atoms with Crippen molar-refractivity contribution in [3.05, 3.63) is 35.4 Å². The van der Waals surface area contributed by atoms with Gasteiger partial charge in [0.2, 0.25) is 0 Å². The Morgan fingerprint density at radius 1 is 1.12 bits per heavy atom. The number of hydrogen-bond acceptors (Lipinski definition) is 4. The summed E-state index contributed by atoms with van der Waals surface area (Å²) in [4.78, 5) is 24.3. The van der Waals surface area contributed by atoms with E-state index in [2.05, 4.69) is 13.8 Å². The first-order valence-corrected chi connectivity index (χ1v) is 9.82. The van der Waals surface area contributed by atoms with E-state index in [4.69, 9.17) is 9.47 Å². The summed E-state index contributed by atoms with van der Waals surface area (Å²) in [7, 11) is 0. The molecule has 0 radical (unpaired) electrons. The number of hydrogen-bond donors (Lipinski definition) is 0. The first-order valence-electron chi connectivity index (χ1n) is 9.82.